The summed E-state index contributed by atoms with van der Waals surface area (Å²) in [5.41, 5.74) is 0. The largest absolute Gasteiger partial charge is 0.390 e. The van der Waals surface area contributed by atoms with Gasteiger partial charge in [-0.2, -0.15) is 4.98 Å². The number of rotatable bonds is 8. The van der Waals surface area contributed by atoms with E-state index < -0.39 is 0 Å². The average molecular weight is 325 g/mol. The van der Waals surface area contributed by atoms with Crippen LogP contribution < -0.4 is 0 Å². The fraction of sp³-hybridized carbons (Fsp3) is 0.875. The lowest BCUT2D eigenvalue weighted by Crippen LogP contribution is -2.48. The second kappa shape index (κ2) is 8.73. The number of β-amino-alcohol motifs (C(OH)–C–C–N with tert-alkyl or cyclic N) is 1. The van der Waals surface area contributed by atoms with E-state index in [9.17, 15) is 5.11 Å². The highest BCUT2D eigenvalue weighted by molar-refractivity contribution is 4.87. The molecular weight excluding hydrogens is 294 g/mol. The minimum absolute atomic E-state index is 0.356. The first-order chi connectivity index (χ1) is 10.9. The quantitative estimate of drug-likeness (QED) is 0.737. The number of piperazine rings is 1. The summed E-state index contributed by atoms with van der Waals surface area (Å²) in [7, 11) is 4.12. The Morgan fingerprint density at radius 1 is 1.26 bits per heavy atom. The van der Waals surface area contributed by atoms with Gasteiger partial charge in [-0.3, -0.25) is 9.80 Å². The van der Waals surface area contributed by atoms with E-state index in [0.717, 1.165) is 39.1 Å². The van der Waals surface area contributed by atoms with Gasteiger partial charge in [0.25, 0.3) is 0 Å². The summed E-state index contributed by atoms with van der Waals surface area (Å²) in [5.74, 6) is 1.89. The van der Waals surface area contributed by atoms with Crippen LogP contribution in [0, 0.1) is 5.92 Å². The van der Waals surface area contributed by atoms with Gasteiger partial charge >= 0.3 is 0 Å². The first-order valence-corrected chi connectivity index (χ1v) is 8.51. The molecule has 0 aliphatic carbocycles. The number of likely N-dealkylation sites (N-methyl/N-ethyl adjacent to an activating group) is 2. The number of aliphatic hydroxyl groups excluding tert-OH is 1. The molecule has 1 saturated heterocycles. The molecule has 7 heteroatoms. The maximum absolute atomic E-state index is 10.3. The van der Waals surface area contributed by atoms with E-state index in [4.69, 9.17) is 4.52 Å². The molecule has 1 aromatic heterocycles. The maximum atomic E-state index is 10.3. The molecule has 1 aliphatic heterocycles. The van der Waals surface area contributed by atoms with Crippen LogP contribution in [-0.2, 0) is 13.0 Å². The highest BCUT2D eigenvalue weighted by atomic mass is 16.5. The van der Waals surface area contributed by atoms with Crippen LogP contribution in [0.4, 0.5) is 0 Å². The van der Waals surface area contributed by atoms with Crippen molar-refractivity contribution in [1.82, 2.24) is 24.8 Å². The van der Waals surface area contributed by atoms with E-state index in [1.54, 1.807) is 0 Å². The van der Waals surface area contributed by atoms with Crippen LogP contribution in [0.15, 0.2) is 4.52 Å². The minimum atomic E-state index is -0.356. The molecule has 0 radical (unpaired) electrons. The van der Waals surface area contributed by atoms with E-state index in [-0.39, 0.29) is 6.10 Å². The van der Waals surface area contributed by atoms with Crippen molar-refractivity contribution in [3.05, 3.63) is 11.7 Å². The van der Waals surface area contributed by atoms with Crippen molar-refractivity contribution in [3.63, 3.8) is 0 Å². The van der Waals surface area contributed by atoms with Crippen LogP contribution in [0.5, 0.6) is 0 Å². The standard InChI is InChI=1S/C16H31N5O2/c1-13(2)9-16-17-15(18-23-16)12-20(4)10-14(22)11-21-7-5-19(3)6-8-21/h13-14,22H,5-12H2,1-4H3. The van der Waals surface area contributed by atoms with Gasteiger partial charge in [0.05, 0.1) is 12.6 Å². The molecule has 0 amide bonds. The first-order valence-electron chi connectivity index (χ1n) is 8.51. The number of hydrogen-bond donors (Lipinski definition) is 1. The van der Waals surface area contributed by atoms with Crippen LogP contribution >= 0.6 is 0 Å². The van der Waals surface area contributed by atoms with Gasteiger partial charge in [0.2, 0.25) is 5.89 Å². The Morgan fingerprint density at radius 2 is 1.96 bits per heavy atom. The number of hydrogen-bond acceptors (Lipinski definition) is 7. The molecule has 0 spiro atoms. The zero-order chi connectivity index (χ0) is 16.8. The third-order valence-corrected chi connectivity index (χ3v) is 4.09. The van der Waals surface area contributed by atoms with Gasteiger partial charge in [0.1, 0.15) is 0 Å². The average Bonchev–Trinajstić information content (AvgIpc) is 2.87. The molecule has 1 aliphatic rings. The second-order valence-electron chi connectivity index (χ2n) is 7.16. The Morgan fingerprint density at radius 3 is 2.61 bits per heavy atom. The topological polar surface area (TPSA) is 68.9 Å². The summed E-state index contributed by atoms with van der Waals surface area (Å²) >= 11 is 0. The molecule has 1 atom stereocenters. The SMILES string of the molecule is CC(C)Cc1nc(CN(C)CC(O)CN2CCN(C)CC2)no1. The Balaban J connectivity index is 1.71. The van der Waals surface area contributed by atoms with Gasteiger partial charge in [0.15, 0.2) is 5.82 Å². The summed E-state index contributed by atoms with van der Waals surface area (Å²) in [6.07, 6.45) is 0.452. The smallest absolute Gasteiger partial charge is 0.226 e. The van der Waals surface area contributed by atoms with E-state index >= 15 is 0 Å². The zero-order valence-corrected chi connectivity index (χ0v) is 14.9. The highest BCUT2D eigenvalue weighted by Crippen LogP contribution is 2.07. The van der Waals surface area contributed by atoms with E-state index in [1.165, 1.54) is 0 Å². The van der Waals surface area contributed by atoms with Gasteiger partial charge in [-0.25, -0.2) is 0 Å². The molecule has 132 valence electrons. The van der Waals surface area contributed by atoms with Crippen LogP contribution in [0.3, 0.4) is 0 Å². The number of nitrogens with zero attached hydrogens (tertiary/aromatic N) is 5. The van der Waals surface area contributed by atoms with E-state index in [0.29, 0.717) is 30.7 Å². The van der Waals surface area contributed by atoms with Crippen LogP contribution in [0.2, 0.25) is 0 Å². The van der Waals surface area contributed by atoms with Crippen molar-refractivity contribution in [1.29, 1.82) is 0 Å². The molecule has 0 saturated carbocycles. The molecule has 2 rings (SSSR count). The Kier molecular flexibility index (Phi) is 6.95. The Labute approximate surface area is 139 Å². The molecule has 1 fully saturated rings. The molecule has 7 nitrogen and oxygen atoms in total. The summed E-state index contributed by atoms with van der Waals surface area (Å²) in [4.78, 5) is 11.1. The molecule has 1 unspecified atom stereocenters. The lowest BCUT2D eigenvalue weighted by Gasteiger charge is -2.34. The maximum Gasteiger partial charge on any atom is 0.226 e. The van der Waals surface area contributed by atoms with Crippen LogP contribution in [0.1, 0.15) is 25.6 Å². The monoisotopic (exact) mass is 325 g/mol. The van der Waals surface area contributed by atoms with Crippen molar-refractivity contribution in [2.45, 2.75) is 32.9 Å². The van der Waals surface area contributed by atoms with Crippen molar-refractivity contribution in [3.8, 4) is 0 Å². The third kappa shape index (κ3) is 6.55. The van der Waals surface area contributed by atoms with Crippen molar-refractivity contribution in [2.75, 3.05) is 53.4 Å². The lowest BCUT2D eigenvalue weighted by atomic mass is 10.1. The third-order valence-electron chi connectivity index (χ3n) is 4.09. The zero-order valence-electron chi connectivity index (χ0n) is 14.9. The van der Waals surface area contributed by atoms with Gasteiger partial charge in [-0.15, -0.1) is 0 Å². The van der Waals surface area contributed by atoms with Crippen LogP contribution in [0.25, 0.3) is 0 Å². The number of aromatic nitrogens is 2. The van der Waals surface area contributed by atoms with Gasteiger partial charge in [-0.05, 0) is 20.0 Å². The normalized spacial score (nSPS) is 18.9. The van der Waals surface area contributed by atoms with Crippen LogP contribution in [-0.4, -0.2) is 89.4 Å². The van der Waals surface area contributed by atoms with E-state index in [1.807, 2.05) is 11.9 Å². The molecule has 1 N–H and O–H groups in total. The van der Waals surface area contributed by atoms with Crippen molar-refractivity contribution >= 4 is 0 Å². The fourth-order valence-corrected chi connectivity index (χ4v) is 2.84. The molecule has 2 heterocycles. The summed E-state index contributed by atoms with van der Waals surface area (Å²) in [6.45, 7) is 10.4. The first kappa shape index (κ1) is 18.3. The highest BCUT2D eigenvalue weighted by Gasteiger charge is 2.18. The summed E-state index contributed by atoms with van der Waals surface area (Å²) < 4.78 is 5.25. The lowest BCUT2D eigenvalue weighted by molar-refractivity contribution is 0.0588. The van der Waals surface area contributed by atoms with Crippen molar-refractivity contribution in [2.24, 2.45) is 5.92 Å². The Hall–Kier alpha value is -1.02. The molecule has 23 heavy (non-hydrogen) atoms. The summed E-state index contributed by atoms with van der Waals surface area (Å²) in [5, 5.41) is 14.3. The molecule has 0 aromatic carbocycles. The second-order valence-corrected chi connectivity index (χ2v) is 7.16. The molecule has 0 bridgehead atoms. The van der Waals surface area contributed by atoms with Gasteiger partial charge < -0.3 is 14.5 Å². The number of aliphatic hydroxyl groups is 1. The van der Waals surface area contributed by atoms with Gasteiger partial charge in [-0.1, -0.05) is 19.0 Å². The summed E-state index contributed by atoms with van der Waals surface area (Å²) in [6, 6.07) is 0. The fourth-order valence-electron chi connectivity index (χ4n) is 2.84. The van der Waals surface area contributed by atoms with Crippen molar-refractivity contribution < 1.29 is 9.63 Å². The predicted molar refractivity (Wildman–Crippen MR) is 89.1 cm³/mol. The molecular formula is C16H31N5O2. The predicted octanol–water partition coefficient (Wildman–Crippen LogP) is 0.308. The van der Waals surface area contributed by atoms with E-state index in [2.05, 4.69) is 40.8 Å². The molecule has 1 aromatic rings. The minimum Gasteiger partial charge on any atom is -0.390 e. The Bertz CT molecular complexity index is 457. The van der Waals surface area contributed by atoms with Gasteiger partial charge in [0, 0.05) is 45.7 Å².